The molecular weight excluding hydrogens is 160 g/mol. The minimum atomic E-state index is 0.532. The lowest BCUT2D eigenvalue weighted by molar-refractivity contribution is 0.247. The van der Waals surface area contributed by atoms with Crippen molar-refractivity contribution in [3.63, 3.8) is 0 Å². The Hall–Kier alpha value is -1.02. The molecule has 1 aromatic rings. The highest BCUT2D eigenvalue weighted by molar-refractivity contribution is 5.46. The van der Waals surface area contributed by atoms with Gasteiger partial charge in [0.1, 0.15) is 0 Å². The fraction of sp³-hybridized carbons (Fsp3) is 0.455. The highest BCUT2D eigenvalue weighted by Gasteiger charge is 2.20. The molecule has 2 nitrogen and oxygen atoms in total. The molecule has 0 fully saturated rings. The molecule has 1 atom stereocenters. The Labute approximate surface area is 79.4 Å². The molecule has 1 aromatic carbocycles. The number of hydrogen-bond acceptors (Lipinski definition) is 2. The van der Waals surface area contributed by atoms with Crippen LogP contribution in [0.3, 0.4) is 0 Å². The first kappa shape index (κ1) is 8.57. The predicted octanol–water partition coefficient (Wildman–Crippen LogP) is 1.82. The van der Waals surface area contributed by atoms with Crippen LogP contribution in [0.2, 0.25) is 0 Å². The molecule has 2 rings (SSSR count). The van der Waals surface area contributed by atoms with Gasteiger partial charge in [-0.25, -0.2) is 0 Å². The van der Waals surface area contributed by atoms with Crippen molar-refractivity contribution in [2.75, 3.05) is 19.3 Å². The molecule has 1 aliphatic heterocycles. The summed E-state index contributed by atoms with van der Waals surface area (Å²) < 4.78 is 0. The van der Waals surface area contributed by atoms with E-state index in [1.807, 2.05) is 6.07 Å². The quantitative estimate of drug-likeness (QED) is 0.611. The van der Waals surface area contributed by atoms with E-state index in [1.54, 1.807) is 0 Å². The molecule has 0 aromatic heterocycles. The average molecular weight is 176 g/mol. The average Bonchev–Trinajstić information content (AvgIpc) is 2.12. The van der Waals surface area contributed by atoms with E-state index in [0.717, 1.165) is 18.7 Å². The standard InChI is InChI=1S/C11H16N2/c1-8-11-4-3-10(12)7-9(11)5-6-13(8)2/h3-4,7-8H,5-6,12H2,1-2H3. The van der Waals surface area contributed by atoms with Crippen molar-refractivity contribution in [2.24, 2.45) is 0 Å². The lowest BCUT2D eigenvalue weighted by atomic mass is 9.94. The minimum absolute atomic E-state index is 0.532. The lowest BCUT2D eigenvalue weighted by Gasteiger charge is -2.32. The third-order valence-electron chi connectivity index (χ3n) is 3.01. The molecule has 0 aliphatic carbocycles. The highest BCUT2D eigenvalue weighted by atomic mass is 15.1. The smallest absolute Gasteiger partial charge is 0.0319 e. The number of likely N-dealkylation sites (N-methyl/N-ethyl adjacent to an activating group) is 1. The van der Waals surface area contributed by atoms with Crippen LogP contribution in [-0.4, -0.2) is 18.5 Å². The van der Waals surface area contributed by atoms with Crippen LogP contribution in [0.4, 0.5) is 5.69 Å². The Morgan fingerprint density at radius 3 is 3.00 bits per heavy atom. The number of nitrogens with two attached hydrogens (primary N) is 1. The highest BCUT2D eigenvalue weighted by Crippen LogP contribution is 2.28. The second kappa shape index (κ2) is 3.04. The number of anilines is 1. The monoisotopic (exact) mass is 176 g/mol. The first-order valence-corrected chi connectivity index (χ1v) is 4.77. The summed E-state index contributed by atoms with van der Waals surface area (Å²) >= 11 is 0. The number of rotatable bonds is 0. The molecule has 0 spiro atoms. The lowest BCUT2D eigenvalue weighted by Crippen LogP contribution is -2.30. The zero-order valence-electron chi connectivity index (χ0n) is 8.25. The van der Waals surface area contributed by atoms with Gasteiger partial charge in [0.15, 0.2) is 0 Å². The zero-order chi connectivity index (χ0) is 9.42. The van der Waals surface area contributed by atoms with Gasteiger partial charge in [-0.05, 0) is 43.7 Å². The Kier molecular flexibility index (Phi) is 2.00. The number of hydrogen-bond donors (Lipinski definition) is 1. The molecule has 0 amide bonds. The van der Waals surface area contributed by atoms with Crippen molar-refractivity contribution < 1.29 is 0 Å². The zero-order valence-corrected chi connectivity index (χ0v) is 8.25. The first-order valence-electron chi connectivity index (χ1n) is 4.77. The van der Waals surface area contributed by atoms with Gasteiger partial charge in [0, 0.05) is 18.3 Å². The van der Waals surface area contributed by atoms with Crippen LogP contribution in [0.5, 0.6) is 0 Å². The molecular formula is C11H16N2. The molecule has 70 valence electrons. The van der Waals surface area contributed by atoms with E-state index >= 15 is 0 Å². The van der Waals surface area contributed by atoms with Gasteiger partial charge in [0.2, 0.25) is 0 Å². The summed E-state index contributed by atoms with van der Waals surface area (Å²) in [6, 6.07) is 6.79. The normalized spacial score (nSPS) is 22.8. The van der Waals surface area contributed by atoms with Gasteiger partial charge in [-0.15, -0.1) is 0 Å². The summed E-state index contributed by atoms with van der Waals surface area (Å²) in [7, 11) is 2.17. The predicted molar refractivity (Wildman–Crippen MR) is 55.6 cm³/mol. The van der Waals surface area contributed by atoms with E-state index in [0.29, 0.717) is 6.04 Å². The molecule has 1 aliphatic rings. The molecule has 0 saturated heterocycles. The third-order valence-corrected chi connectivity index (χ3v) is 3.01. The van der Waals surface area contributed by atoms with E-state index in [2.05, 4.69) is 31.0 Å². The molecule has 0 saturated carbocycles. The minimum Gasteiger partial charge on any atom is -0.399 e. The van der Waals surface area contributed by atoms with E-state index in [4.69, 9.17) is 5.73 Å². The third kappa shape index (κ3) is 1.42. The van der Waals surface area contributed by atoms with Crippen molar-refractivity contribution in [3.05, 3.63) is 29.3 Å². The van der Waals surface area contributed by atoms with Gasteiger partial charge < -0.3 is 5.73 Å². The van der Waals surface area contributed by atoms with Gasteiger partial charge in [-0.3, -0.25) is 4.90 Å². The van der Waals surface area contributed by atoms with Crippen LogP contribution in [-0.2, 0) is 6.42 Å². The van der Waals surface area contributed by atoms with E-state index in [9.17, 15) is 0 Å². The SMILES string of the molecule is CC1c2ccc(N)cc2CCN1C. The molecule has 0 radical (unpaired) electrons. The maximum absolute atomic E-state index is 5.75. The van der Waals surface area contributed by atoms with Gasteiger partial charge in [0.25, 0.3) is 0 Å². The maximum Gasteiger partial charge on any atom is 0.0319 e. The fourth-order valence-corrected chi connectivity index (χ4v) is 1.98. The molecule has 13 heavy (non-hydrogen) atoms. The maximum atomic E-state index is 5.75. The summed E-state index contributed by atoms with van der Waals surface area (Å²) in [5, 5.41) is 0. The van der Waals surface area contributed by atoms with Crippen LogP contribution >= 0.6 is 0 Å². The topological polar surface area (TPSA) is 29.3 Å². The first-order chi connectivity index (χ1) is 6.18. The van der Waals surface area contributed by atoms with Gasteiger partial charge in [-0.2, -0.15) is 0 Å². The Balaban J connectivity index is 2.44. The summed E-state index contributed by atoms with van der Waals surface area (Å²) in [5.41, 5.74) is 9.49. The Morgan fingerprint density at radius 2 is 2.23 bits per heavy atom. The van der Waals surface area contributed by atoms with Crippen LogP contribution < -0.4 is 5.73 Å². The molecule has 2 heteroatoms. The number of fused-ring (bicyclic) bond motifs is 1. The second-order valence-corrected chi connectivity index (χ2v) is 3.86. The van der Waals surface area contributed by atoms with Crippen molar-refractivity contribution in [1.29, 1.82) is 0 Å². The van der Waals surface area contributed by atoms with Crippen molar-refractivity contribution >= 4 is 5.69 Å². The molecule has 1 heterocycles. The van der Waals surface area contributed by atoms with Gasteiger partial charge in [-0.1, -0.05) is 6.07 Å². The van der Waals surface area contributed by atoms with Crippen molar-refractivity contribution in [1.82, 2.24) is 4.90 Å². The Morgan fingerprint density at radius 1 is 1.46 bits per heavy atom. The van der Waals surface area contributed by atoms with E-state index in [-0.39, 0.29) is 0 Å². The van der Waals surface area contributed by atoms with Gasteiger partial charge >= 0.3 is 0 Å². The summed E-state index contributed by atoms with van der Waals surface area (Å²) in [6.45, 7) is 3.38. The van der Waals surface area contributed by atoms with Crippen molar-refractivity contribution in [2.45, 2.75) is 19.4 Å². The summed E-state index contributed by atoms with van der Waals surface area (Å²) in [4.78, 5) is 2.37. The van der Waals surface area contributed by atoms with E-state index < -0.39 is 0 Å². The van der Waals surface area contributed by atoms with Crippen LogP contribution in [0.15, 0.2) is 18.2 Å². The number of benzene rings is 1. The van der Waals surface area contributed by atoms with Crippen molar-refractivity contribution in [3.8, 4) is 0 Å². The molecule has 2 N–H and O–H groups in total. The molecule has 0 bridgehead atoms. The Bertz CT molecular complexity index is 320. The summed E-state index contributed by atoms with van der Waals surface area (Å²) in [6.07, 6.45) is 1.13. The fourth-order valence-electron chi connectivity index (χ4n) is 1.98. The molecule has 1 unspecified atom stereocenters. The van der Waals surface area contributed by atoms with Crippen LogP contribution in [0, 0.1) is 0 Å². The van der Waals surface area contributed by atoms with Crippen LogP contribution in [0.1, 0.15) is 24.1 Å². The largest absolute Gasteiger partial charge is 0.399 e. The number of nitrogens with zero attached hydrogens (tertiary/aromatic N) is 1. The van der Waals surface area contributed by atoms with E-state index in [1.165, 1.54) is 11.1 Å². The van der Waals surface area contributed by atoms with Crippen LogP contribution in [0.25, 0.3) is 0 Å². The second-order valence-electron chi connectivity index (χ2n) is 3.86. The number of nitrogen functional groups attached to an aromatic ring is 1. The van der Waals surface area contributed by atoms with Gasteiger partial charge in [0.05, 0.1) is 0 Å². The summed E-state index contributed by atoms with van der Waals surface area (Å²) in [5.74, 6) is 0.